The molecule has 2 aliphatic carbocycles. The van der Waals surface area contributed by atoms with Gasteiger partial charge in [-0.3, -0.25) is 0 Å². The molecule has 0 saturated heterocycles. The Morgan fingerprint density at radius 1 is 1.13 bits per heavy atom. The second-order valence-electron chi connectivity index (χ2n) is 5.35. The highest BCUT2D eigenvalue weighted by Gasteiger charge is 2.35. The topological polar surface area (TPSA) is 0 Å². The Labute approximate surface area is 93.8 Å². The van der Waals surface area contributed by atoms with E-state index in [-0.39, 0.29) is 0 Å². The fourth-order valence-corrected chi connectivity index (χ4v) is 2.94. The predicted molar refractivity (Wildman–Crippen MR) is 66.6 cm³/mol. The molecule has 2 bridgehead atoms. The number of hydrogen-bond acceptors (Lipinski definition) is 0. The van der Waals surface area contributed by atoms with Crippen LogP contribution in [-0.4, -0.2) is 0 Å². The molecular formula is C15H22. The van der Waals surface area contributed by atoms with Gasteiger partial charge in [0.15, 0.2) is 0 Å². The summed E-state index contributed by atoms with van der Waals surface area (Å²) in [6.45, 7) is 6.66. The summed E-state index contributed by atoms with van der Waals surface area (Å²) in [4.78, 5) is 0. The normalized spacial score (nSPS) is 33.5. The van der Waals surface area contributed by atoms with Crippen LogP contribution in [0.2, 0.25) is 0 Å². The highest BCUT2D eigenvalue weighted by Crippen LogP contribution is 2.46. The van der Waals surface area contributed by atoms with Crippen molar-refractivity contribution >= 4 is 0 Å². The number of fused-ring (bicyclic) bond motifs is 2. The summed E-state index contributed by atoms with van der Waals surface area (Å²) in [6.07, 6.45) is 13.5. The Balaban J connectivity index is 1.94. The highest BCUT2D eigenvalue weighted by atomic mass is 14.4. The summed E-state index contributed by atoms with van der Waals surface area (Å²) in [5.74, 6) is 2.61. The van der Waals surface area contributed by atoms with Gasteiger partial charge < -0.3 is 0 Å². The molecule has 15 heavy (non-hydrogen) atoms. The number of allylic oxidation sites excluding steroid dienone is 6. The summed E-state index contributed by atoms with van der Waals surface area (Å²) < 4.78 is 0. The summed E-state index contributed by atoms with van der Waals surface area (Å²) in [6, 6.07) is 0. The van der Waals surface area contributed by atoms with Crippen LogP contribution in [-0.2, 0) is 0 Å². The van der Waals surface area contributed by atoms with E-state index in [1.54, 1.807) is 5.57 Å². The van der Waals surface area contributed by atoms with Crippen molar-refractivity contribution < 1.29 is 0 Å². The molecule has 3 unspecified atom stereocenters. The molecule has 2 rings (SSSR count). The van der Waals surface area contributed by atoms with Crippen LogP contribution in [0, 0.1) is 17.8 Å². The van der Waals surface area contributed by atoms with Crippen LogP contribution in [0.1, 0.15) is 40.0 Å². The average Bonchev–Trinajstić information content (AvgIpc) is 2.77. The quantitative estimate of drug-likeness (QED) is 0.591. The van der Waals surface area contributed by atoms with E-state index in [2.05, 4.69) is 45.1 Å². The number of hydrogen-bond donors (Lipinski definition) is 0. The maximum atomic E-state index is 2.44. The minimum atomic E-state index is 0.852. The first-order valence-corrected chi connectivity index (χ1v) is 6.15. The van der Waals surface area contributed by atoms with Gasteiger partial charge in [-0.15, -0.1) is 0 Å². The Kier molecular flexibility index (Phi) is 3.14. The lowest BCUT2D eigenvalue weighted by Gasteiger charge is -2.18. The van der Waals surface area contributed by atoms with E-state index in [0.717, 1.165) is 24.2 Å². The lowest BCUT2D eigenvalue weighted by Crippen LogP contribution is -2.07. The SMILES string of the molecule is CC(C)=CC/C=C(\C)C1CC2C=CC1C2. The van der Waals surface area contributed by atoms with Gasteiger partial charge >= 0.3 is 0 Å². The first-order valence-electron chi connectivity index (χ1n) is 6.15. The molecule has 0 N–H and O–H groups in total. The Morgan fingerprint density at radius 2 is 1.93 bits per heavy atom. The van der Waals surface area contributed by atoms with Crippen LogP contribution in [0.3, 0.4) is 0 Å². The van der Waals surface area contributed by atoms with Gasteiger partial charge in [0.1, 0.15) is 0 Å². The van der Waals surface area contributed by atoms with Gasteiger partial charge in [0.2, 0.25) is 0 Å². The lowest BCUT2D eigenvalue weighted by atomic mass is 9.87. The van der Waals surface area contributed by atoms with E-state index in [1.165, 1.54) is 18.4 Å². The Bertz CT molecular complexity index is 313. The number of rotatable bonds is 3. The van der Waals surface area contributed by atoms with Crippen molar-refractivity contribution in [2.45, 2.75) is 40.0 Å². The van der Waals surface area contributed by atoms with Gasteiger partial charge in [0, 0.05) is 0 Å². The van der Waals surface area contributed by atoms with Crippen LogP contribution in [0.5, 0.6) is 0 Å². The molecule has 0 heteroatoms. The minimum absolute atomic E-state index is 0.852. The standard InChI is InChI=1S/C15H22/c1-11(2)5-4-6-12(3)15-10-13-7-8-14(15)9-13/h5-8,13-15H,4,9-10H2,1-3H3/b12-6+. The predicted octanol–water partition coefficient (Wildman–Crippen LogP) is 4.50. The molecule has 0 amide bonds. The van der Waals surface area contributed by atoms with Crippen LogP contribution in [0.15, 0.2) is 35.5 Å². The van der Waals surface area contributed by atoms with E-state index in [0.29, 0.717) is 0 Å². The Hall–Kier alpha value is -0.780. The Morgan fingerprint density at radius 3 is 2.47 bits per heavy atom. The molecule has 0 aromatic rings. The molecule has 82 valence electrons. The largest absolute Gasteiger partial charge is 0.0851 e. The van der Waals surface area contributed by atoms with Crippen molar-refractivity contribution in [3.63, 3.8) is 0 Å². The molecule has 0 spiro atoms. The van der Waals surface area contributed by atoms with E-state index in [4.69, 9.17) is 0 Å². The zero-order valence-electron chi connectivity index (χ0n) is 10.2. The third-order valence-corrected chi connectivity index (χ3v) is 3.83. The van der Waals surface area contributed by atoms with Crippen molar-refractivity contribution in [2.75, 3.05) is 0 Å². The monoisotopic (exact) mass is 202 g/mol. The van der Waals surface area contributed by atoms with Crippen molar-refractivity contribution in [1.29, 1.82) is 0 Å². The third kappa shape index (κ3) is 2.42. The molecule has 0 nitrogen and oxygen atoms in total. The van der Waals surface area contributed by atoms with Crippen molar-refractivity contribution in [1.82, 2.24) is 0 Å². The molecule has 0 radical (unpaired) electrons. The van der Waals surface area contributed by atoms with E-state index in [1.807, 2.05) is 0 Å². The third-order valence-electron chi connectivity index (χ3n) is 3.83. The molecule has 0 heterocycles. The van der Waals surface area contributed by atoms with E-state index >= 15 is 0 Å². The average molecular weight is 202 g/mol. The maximum absolute atomic E-state index is 2.44. The molecule has 0 aromatic carbocycles. The van der Waals surface area contributed by atoms with Gasteiger partial charge in [0.25, 0.3) is 0 Å². The van der Waals surface area contributed by atoms with Crippen molar-refractivity contribution in [3.8, 4) is 0 Å². The van der Waals surface area contributed by atoms with E-state index in [9.17, 15) is 0 Å². The molecule has 2 aliphatic rings. The lowest BCUT2D eigenvalue weighted by molar-refractivity contribution is 0.518. The van der Waals surface area contributed by atoms with Crippen molar-refractivity contribution in [3.05, 3.63) is 35.5 Å². The summed E-state index contributed by atoms with van der Waals surface area (Å²) in [5, 5.41) is 0. The zero-order chi connectivity index (χ0) is 10.8. The smallest absolute Gasteiger partial charge is 0.0137 e. The van der Waals surface area contributed by atoms with Crippen LogP contribution in [0.4, 0.5) is 0 Å². The maximum Gasteiger partial charge on any atom is -0.0137 e. The first kappa shape index (κ1) is 10.7. The highest BCUT2D eigenvalue weighted by molar-refractivity contribution is 5.20. The van der Waals surface area contributed by atoms with Gasteiger partial charge in [-0.05, 0) is 57.8 Å². The fraction of sp³-hybridized carbons (Fsp3) is 0.600. The molecule has 1 fully saturated rings. The zero-order valence-corrected chi connectivity index (χ0v) is 10.2. The molecule has 1 saturated carbocycles. The van der Waals surface area contributed by atoms with Crippen LogP contribution >= 0.6 is 0 Å². The van der Waals surface area contributed by atoms with Crippen LogP contribution in [0.25, 0.3) is 0 Å². The van der Waals surface area contributed by atoms with Crippen molar-refractivity contribution in [2.24, 2.45) is 17.8 Å². The van der Waals surface area contributed by atoms with Gasteiger partial charge in [0.05, 0.1) is 0 Å². The molecular weight excluding hydrogens is 180 g/mol. The molecule has 0 aromatic heterocycles. The van der Waals surface area contributed by atoms with Crippen LogP contribution < -0.4 is 0 Å². The van der Waals surface area contributed by atoms with Gasteiger partial charge in [-0.1, -0.05) is 35.5 Å². The minimum Gasteiger partial charge on any atom is -0.0851 e. The fourth-order valence-electron chi connectivity index (χ4n) is 2.94. The first-order chi connectivity index (χ1) is 7.16. The molecule has 3 atom stereocenters. The summed E-state index contributed by atoms with van der Waals surface area (Å²) in [5.41, 5.74) is 3.04. The van der Waals surface area contributed by atoms with Gasteiger partial charge in [-0.25, -0.2) is 0 Å². The second-order valence-corrected chi connectivity index (χ2v) is 5.35. The molecule has 0 aliphatic heterocycles. The summed E-state index contributed by atoms with van der Waals surface area (Å²) in [7, 11) is 0. The van der Waals surface area contributed by atoms with E-state index < -0.39 is 0 Å². The van der Waals surface area contributed by atoms with Gasteiger partial charge in [-0.2, -0.15) is 0 Å². The second kappa shape index (κ2) is 4.38. The summed E-state index contributed by atoms with van der Waals surface area (Å²) >= 11 is 0.